The first-order chi connectivity index (χ1) is 8.72. The summed E-state index contributed by atoms with van der Waals surface area (Å²) in [6, 6.07) is 6.36. The van der Waals surface area contributed by atoms with E-state index < -0.39 is 0 Å². The van der Waals surface area contributed by atoms with E-state index in [1.165, 1.54) is 12.1 Å². The minimum atomic E-state index is -0.228. The minimum absolute atomic E-state index is 0.0788. The van der Waals surface area contributed by atoms with Gasteiger partial charge in [0.2, 0.25) is 5.91 Å². The van der Waals surface area contributed by atoms with Gasteiger partial charge in [-0.25, -0.2) is 4.39 Å². The largest absolute Gasteiger partial charge is 0.356 e. The van der Waals surface area contributed by atoms with E-state index in [0.717, 1.165) is 24.9 Å². The molecule has 2 N–H and O–H groups in total. The summed E-state index contributed by atoms with van der Waals surface area (Å²) in [6.45, 7) is 4.14. The van der Waals surface area contributed by atoms with Gasteiger partial charge in [-0.2, -0.15) is 0 Å². The number of rotatable bonds is 8. The van der Waals surface area contributed by atoms with Gasteiger partial charge >= 0.3 is 0 Å². The molecule has 0 saturated heterocycles. The molecule has 1 amide bonds. The topological polar surface area (TPSA) is 41.1 Å². The van der Waals surface area contributed by atoms with Crippen LogP contribution in [0.2, 0.25) is 0 Å². The van der Waals surface area contributed by atoms with Gasteiger partial charge in [0, 0.05) is 26.1 Å². The second-order valence-corrected chi connectivity index (χ2v) is 4.26. The van der Waals surface area contributed by atoms with Crippen LogP contribution in [0.15, 0.2) is 24.3 Å². The number of benzene rings is 1. The van der Waals surface area contributed by atoms with Gasteiger partial charge in [-0.3, -0.25) is 4.79 Å². The SMILES string of the molecule is CCCCNC(=O)CCNCc1ccc(F)cc1. The second-order valence-electron chi connectivity index (χ2n) is 4.26. The molecule has 1 aromatic carbocycles. The predicted octanol–water partition coefficient (Wildman–Crippen LogP) is 2.22. The Balaban J connectivity index is 2.07. The fourth-order valence-electron chi connectivity index (χ4n) is 1.53. The Morgan fingerprint density at radius 3 is 2.61 bits per heavy atom. The van der Waals surface area contributed by atoms with Crippen molar-refractivity contribution in [3.05, 3.63) is 35.6 Å². The van der Waals surface area contributed by atoms with Gasteiger partial charge in [0.05, 0.1) is 0 Å². The average molecular weight is 252 g/mol. The highest BCUT2D eigenvalue weighted by Gasteiger charge is 1.99. The number of nitrogens with one attached hydrogen (secondary N) is 2. The van der Waals surface area contributed by atoms with Crippen molar-refractivity contribution >= 4 is 5.91 Å². The highest BCUT2D eigenvalue weighted by Crippen LogP contribution is 2.01. The van der Waals surface area contributed by atoms with Crippen molar-refractivity contribution < 1.29 is 9.18 Å². The van der Waals surface area contributed by atoms with Gasteiger partial charge in [0.15, 0.2) is 0 Å². The lowest BCUT2D eigenvalue weighted by atomic mass is 10.2. The Bertz CT molecular complexity index is 351. The molecule has 0 aliphatic rings. The lowest BCUT2D eigenvalue weighted by molar-refractivity contribution is -0.121. The Morgan fingerprint density at radius 1 is 1.22 bits per heavy atom. The molecule has 3 nitrogen and oxygen atoms in total. The lowest BCUT2D eigenvalue weighted by Gasteiger charge is -2.06. The van der Waals surface area contributed by atoms with Crippen LogP contribution in [-0.4, -0.2) is 19.0 Å². The molecule has 0 fully saturated rings. The summed E-state index contributed by atoms with van der Waals surface area (Å²) in [5.41, 5.74) is 1.02. The third-order valence-corrected chi connectivity index (χ3v) is 2.62. The van der Waals surface area contributed by atoms with Crippen LogP contribution in [-0.2, 0) is 11.3 Å². The molecular formula is C14H21FN2O. The van der Waals surface area contributed by atoms with Crippen LogP contribution < -0.4 is 10.6 Å². The third kappa shape index (κ3) is 6.35. The molecule has 0 saturated carbocycles. The van der Waals surface area contributed by atoms with E-state index in [1.54, 1.807) is 12.1 Å². The number of carbonyl (C=O) groups excluding carboxylic acids is 1. The summed E-state index contributed by atoms with van der Waals surface area (Å²) < 4.78 is 12.7. The monoisotopic (exact) mass is 252 g/mol. The molecule has 0 atom stereocenters. The zero-order valence-electron chi connectivity index (χ0n) is 10.8. The maximum absolute atomic E-state index is 12.7. The van der Waals surface area contributed by atoms with Crippen LogP contribution in [0.4, 0.5) is 4.39 Å². The number of hydrogen-bond donors (Lipinski definition) is 2. The molecule has 0 heterocycles. The van der Waals surface area contributed by atoms with E-state index in [1.807, 2.05) is 0 Å². The maximum atomic E-state index is 12.7. The smallest absolute Gasteiger partial charge is 0.221 e. The van der Waals surface area contributed by atoms with Gasteiger partial charge in [-0.15, -0.1) is 0 Å². The van der Waals surface area contributed by atoms with Crippen LogP contribution in [0.1, 0.15) is 31.7 Å². The van der Waals surface area contributed by atoms with Crippen molar-refractivity contribution in [3.63, 3.8) is 0 Å². The van der Waals surface area contributed by atoms with Crippen LogP contribution in [0, 0.1) is 5.82 Å². The highest BCUT2D eigenvalue weighted by molar-refractivity contribution is 5.75. The Hall–Kier alpha value is -1.42. The zero-order valence-corrected chi connectivity index (χ0v) is 10.8. The van der Waals surface area contributed by atoms with Crippen LogP contribution in [0.5, 0.6) is 0 Å². The van der Waals surface area contributed by atoms with Crippen LogP contribution in [0.25, 0.3) is 0 Å². The highest BCUT2D eigenvalue weighted by atomic mass is 19.1. The molecule has 0 radical (unpaired) electrons. The van der Waals surface area contributed by atoms with Crippen molar-refractivity contribution in [3.8, 4) is 0 Å². The number of carbonyl (C=O) groups is 1. The van der Waals surface area contributed by atoms with Gasteiger partial charge < -0.3 is 10.6 Å². The fourth-order valence-corrected chi connectivity index (χ4v) is 1.53. The molecule has 0 unspecified atom stereocenters. The molecule has 0 spiro atoms. The van der Waals surface area contributed by atoms with Crippen molar-refractivity contribution in [2.24, 2.45) is 0 Å². The maximum Gasteiger partial charge on any atom is 0.221 e. The second kappa shape index (κ2) is 8.64. The molecule has 0 bridgehead atoms. The molecule has 1 rings (SSSR count). The summed E-state index contributed by atoms with van der Waals surface area (Å²) in [7, 11) is 0. The first-order valence-corrected chi connectivity index (χ1v) is 6.44. The quantitative estimate of drug-likeness (QED) is 0.697. The number of hydrogen-bond acceptors (Lipinski definition) is 2. The van der Waals surface area contributed by atoms with Crippen molar-refractivity contribution in [2.75, 3.05) is 13.1 Å². The lowest BCUT2D eigenvalue weighted by Crippen LogP contribution is -2.28. The summed E-state index contributed by atoms with van der Waals surface area (Å²) in [5, 5.41) is 6.02. The number of unbranched alkanes of at least 4 members (excludes halogenated alkanes) is 1. The van der Waals surface area contributed by atoms with E-state index in [9.17, 15) is 9.18 Å². The summed E-state index contributed by atoms with van der Waals surface area (Å²) in [6.07, 6.45) is 2.59. The van der Waals surface area contributed by atoms with Gasteiger partial charge in [-0.1, -0.05) is 25.5 Å². The Kier molecular flexibility index (Phi) is 7.03. The first-order valence-electron chi connectivity index (χ1n) is 6.44. The van der Waals surface area contributed by atoms with Crippen LogP contribution in [0.3, 0.4) is 0 Å². The summed E-state index contributed by atoms with van der Waals surface area (Å²) >= 11 is 0. The fraction of sp³-hybridized carbons (Fsp3) is 0.500. The normalized spacial score (nSPS) is 10.3. The molecule has 1 aromatic rings. The van der Waals surface area contributed by atoms with Crippen LogP contribution >= 0.6 is 0 Å². The molecular weight excluding hydrogens is 231 g/mol. The molecule has 0 aliphatic heterocycles. The predicted molar refractivity (Wildman–Crippen MR) is 70.6 cm³/mol. The standard InChI is InChI=1S/C14H21FN2O/c1-2-3-9-17-14(18)8-10-16-11-12-4-6-13(15)7-5-12/h4-7,16H,2-3,8-11H2,1H3,(H,17,18). The molecule has 0 aromatic heterocycles. The van der Waals surface area contributed by atoms with Gasteiger partial charge in [0.25, 0.3) is 0 Å². The van der Waals surface area contributed by atoms with Crippen molar-refractivity contribution in [1.82, 2.24) is 10.6 Å². The summed E-state index contributed by atoms with van der Waals surface area (Å²) in [4.78, 5) is 11.4. The molecule has 18 heavy (non-hydrogen) atoms. The van der Waals surface area contributed by atoms with E-state index in [4.69, 9.17) is 0 Å². The first kappa shape index (κ1) is 14.6. The zero-order chi connectivity index (χ0) is 13.2. The van der Waals surface area contributed by atoms with E-state index in [2.05, 4.69) is 17.6 Å². The Morgan fingerprint density at radius 2 is 1.94 bits per heavy atom. The molecule has 100 valence electrons. The van der Waals surface area contributed by atoms with E-state index in [0.29, 0.717) is 19.5 Å². The Labute approximate surface area is 108 Å². The van der Waals surface area contributed by atoms with Gasteiger partial charge in [-0.05, 0) is 24.1 Å². The minimum Gasteiger partial charge on any atom is -0.356 e. The van der Waals surface area contributed by atoms with Crippen molar-refractivity contribution in [2.45, 2.75) is 32.7 Å². The number of amides is 1. The molecule has 4 heteroatoms. The van der Waals surface area contributed by atoms with Crippen molar-refractivity contribution in [1.29, 1.82) is 0 Å². The average Bonchev–Trinajstić information content (AvgIpc) is 2.37. The van der Waals surface area contributed by atoms with E-state index in [-0.39, 0.29) is 11.7 Å². The summed E-state index contributed by atoms with van der Waals surface area (Å²) in [5.74, 6) is -0.149. The van der Waals surface area contributed by atoms with E-state index >= 15 is 0 Å². The molecule has 0 aliphatic carbocycles. The third-order valence-electron chi connectivity index (χ3n) is 2.62. The van der Waals surface area contributed by atoms with Gasteiger partial charge in [0.1, 0.15) is 5.82 Å². The number of halogens is 1.